The first-order valence-corrected chi connectivity index (χ1v) is 10.2. The number of hydrogen-bond acceptors (Lipinski definition) is 3. The number of rotatable bonds is 3. The van der Waals surface area contributed by atoms with Gasteiger partial charge in [0.1, 0.15) is 11.9 Å². The molecule has 0 aromatic heterocycles. The molecule has 0 spiro atoms. The summed E-state index contributed by atoms with van der Waals surface area (Å²) in [6, 6.07) is 7.55. The highest BCUT2D eigenvalue weighted by molar-refractivity contribution is 5.90. The highest BCUT2D eigenvalue weighted by Gasteiger charge is 2.62. The molecule has 140 valence electrons. The van der Waals surface area contributed by atoms with Crippen molar-refractivity contribution in [3.05, 3.63) is 35.4 Å². The predicted octanol–water partition coefficient (Wildman–Crippen LogP) is 5.28. The van der Waals surface area contributed by atoms with Gasteiger partial charge in [0.2, 0.25) is 0 Å². The number of carbonyl (C=O) groups is 2. The van der Waals surface area contributed by atoms with Gasteiger partial charge in [0.15, 0.2) is 0 Å². The Morgan fingerprint density at radius 1 is 1.08 bits per heavy atom. The number of Topliss-reactive ketones (excluding diaryl/α,β-unsaturated/α-hetero) is 1. The minimum absolute atomic E-state index is 0.0131. The third-order valence-electron chi connectivity index (χ3n) is 8.07. The summed E-state index contributed by atoms with van der Waals surface area (Å²) in [7, 11) is 0. The molecule has 2 bridgehead atoms. The van der Waals surface area contributed by atoms with E-state index in [0.29, 0.717) is 23.7 Å². The maximum absolute atomic E-state index is 12.7. The molecule has 3 heteroatoms. The molecule has 3 saturated carbocycles. The maximum atomic E-state index is 12.7. The summed E-state index contributed by atoms with van der Waals surface area (Å²) >= 11 is 0. The smallest absolute Gasteiger partial charge is 0.338 e. The zero-order chi connectivity index (χ0) is 18.5. The van der Waals surface area contributed by atoms with E-state index < -0.39 is 0 Å². The van der Waals surface area contributed by atoms with Crippen molar-refractivity contribution in [3.63, 3.8) is 0 Å². The van der Waals surface area contributed by atoms with Gasteiger partial charge >= 0.3 is 5.97 Å². The van der Waals surface area contributed by atoms with Gasteiger partial charge in [0.25, 0.3) is 0 Å². The fourth-order valence-corrected chi connectivity index (χ4v) is 5.69. The Kier molecular flexibility index (Phi) is 4.24. The van der Waals surface area contributed by atoms with Gasteiger partial charge in [0, 0.05) is 17.8 Å². The van der Waals surface area contributed by atoms with Crippen molar-refractivity contribution in [3.8, 4) is 0 Å². The zero-order valence-electron chi connectivity index (χ0n) is 16.2. The fourth-order valence-electron chi connectivity index (χ4n) is 5.69. The lowest BCUT2D eigenvalue weighted by Gasteiger charge is -2.38. The monoisotopic (exact) mass is 354 g/mol. The molecule has 26 heavy (non-hydrogen) atoms. The quantitative estimate of drug-likeness (QED) is 0.693. The summed E-state index contributed by atoms with van der Waals surface area (Å²) in [6.45, 7) is 6.94. The average molecular weight is 354 g/mol. The van der Waals surface area contributed by atoms with Crippen LogP contribution in [0.3, 0.4) is 0 Å². The molecule has 3 nitrogen and oxygen atoms in total. The Bertz CT molecular complexity index is 717. The number of benzene rings is 1. The van der Waals surface area contributed by atoms with E-state index in [9.17, 15) is 9.59 Å². The summed E-state index contributed by atoms with van der Waals surface area (Å²) in [5.41, 5.74) is 1.96. The molecule has 3 fully saturated rings. The summed E-state index contributed by atoms with van der Waals surface area (Å²) in [5, 5.41) is 0. The molecule has 1 aromatic carbocycles. The van der Waals surface area contributed by atoms with E-state index >= 15 is 0 Å². The lowest BCUT2D eigenvalue weighted by atomic mass is 9.70. The minimum atomic E-state index is -0.221. The van der Waals surface area contributed by atoms with Gasteiger partial charge < -0.3 is 4.74 Å². The Morgan fingerprint density at radius 2 is 1.81 bits per heavy atom. The Morgan fingerprint density at radius 3 is 2.38 bits per heavy atom. The summed E-state index contributed by atoms with van der Waals surface area (Å²) < 4.78 is 5.97. The van der Waals surface area contributed by atoms with E-state index in [1.807, 2.05) is 24.3 Å². The van der Waals surface area contributed by atoms with Crippen LogP contribution in [0.1, 0.15) is 87.6 Å². The normalized spacial score (nSPS) is 35.5. The van der Waals surface area contributed by atoms with E-state index in [0.717, 1.165) is 37.7 Å². The van der Waals surface area contributed by atoms with Crippen LogP contribution in [0.2, 0.25) is 0 Å². The second-order valence-electron chi connectivity index (χ2n) is 9.39. The number of fused-ring (bicyclic) bond motifs is 2. The molecule has 0 radical (unpaired) electrons. The molecule has 4 unspecified atom stereocenters. The molecule has 0 amide bonds. The summed E-state index contributed by atoms with van der Waals surface area (Å²) in [6.07, 6.45) is 7.14. The lowest BCUT2D eigenvalue weighted by molar-refractivity contribution is -0.121. The van der Waals surface area contributed by atoms with E-state index in [-0.39, 0.29) is 28.8 Å². The van der Waals surface area contributed by atoms with Crippen molar-refractivity contribution in [2.45, 2.75) is 77.7 Å². The minimum Gasteiger partial charge on any atom is -0.458 e. The third-order valence-corrected chi connectivity index (χ3v) is 8.07. The van der Waals surface area contributed by atoms with E-state index in [4.69, 9.17) is 4.74 Å². The lowest BCUT2D eigenvalue weighted by Crippen LogP contribution is -2.38. The maximum Gasteiger partial charge on any atom is 0.338 e. The van der Waals surface area contributed by atoms with Crippen molar-refractivity contribution in [1.82, 2.24) is 0 Å². The van der Waals surface area contributed by atoms with Gasteiger partial charge in [-0.25, -0.2) is 4.79 Å². The molecule has 0 N–H and O–H groups in total. The van der Waals surface area contributed by atoms with Crippen LogP contribution in [0.5, 0.6) is 0 Å². The molecule has 0 aliphatic heterocycles. The first-order valence-electron chi connectivity index (χ1n) is 10.2. The third kappa shape index (κ3) is 2.62. The first-order chi connectivity index (χ1) is 12.3. The second kappa shape index (κ2) is 6.21. The number of esters is 1. The van der Waals surface area contributed by atoms with Crippen LogP contribution in [0.25, 0.3) is 0 Å². The molecule has 0 saturated heterocycles. The Labute approximate surface area is 156 Å². The van der Waals surface area contributed by atoms with Crippen LogP contribution < -0.4 is 0 Å². The summed E-state index contributed by atoms with van der Waals surface area (Å²) in [4.78, 5) is 24.8. The van der Waals surface area contributed by atoms with Crippen LogP contribution in [0.15, 0.2) is 24.3 Å². The molecule has 4 rings (SSSR count). The molecule has 0 heterocycles. The van der Waals surface area contributed by atoms with E-state index in [1.54, 1.807) is 0 Å². The summed E-state index contributed by atoms with van der Waals surface area (Å²) in [5.74, 6) is 0.786. The van der Waals surface area contributed by atoms with Crippen molar-refractivity contribution >= 4 is 11.8 Å². The van der Waals surface area contributed by atoms with Crippen LogP contribution in [-0.4, -0.2) is 17.9 Å². The highest BCUT2D eigenvalue weighted by atomic mass is 16.5. The van der Waals surface area contributed by atoms with Gasteiger partial charge in [0.05, 0.1) is 5.56 Å². The zero-order valence-corrected chi connectivity index (χ0v) is 16.2. The predicted molar refractivity (Wildman–Crippen MR) is 101 cm³/mol. The van der Waals surface area contributed by atoms with Crippen molar-refractivity contribution < 1.29 is 14.3 Å². The number of ketones is 1. The van der Waals surface area contributed by atoms with Crippen molar-refractivity contribution in [2.24, 2.45) is 16.7 Å². The standard InChI is InChI=1S/C23H30O3/c1-22(2)17-12-13-23(22,3)20(14-17)26-21(25)16-10-8-15(9-11-16)18-6-4-5-7-19(18)24/h8-11,17-18,20H,4-7,12-14H2,1-3H3. The first kappa shape index (κ1) is 17.8. The van der Waals surface area contributed by atoms with Crippen LogP contribution in [0.4, 0.5) is 0 Å². The van der Waals surface area contributed by atoms with Gasteiger partial charge in [-0.15, -0.1) is 0 Å². The average Bonchev–Trinajstić information content (AvgIpc) is 2.96. The number of carbonyl (C=O) groups excluding carboxylic acids is 2. The van der Waals surface area contributed by atoms with Crippen molar-refractivity contribution in [2.75, 3.05) is 0 Å². The number of ether oxygens (including phenoxy) is 1. The van der Waals surface area contributed by atoms with E-state index in [2.05, 4.69) is 20.8 Å². The molecule has 3 aliphatic rings. The molecule has 4 atom stereocenters. The van der Waals surface area contributed by atoms with Gasteiger partial charge in [-0.1, -0.05) is 39.3 Å². The van der Waals surface area contributed by atoms with Crippen LogP contribution in [-0.2, 0) is 9.53 Å². The topological polar surface area (TPSA) is 43.4 Å². The Hall–Kier alpha value is -1.64. The van der Waals surface area contributed by atoms with Crippen molar-refractivity contribution in [1.29, 1.82) is 0 Å². The Balaban J connectivity index is 1.45. The molecule has 1 aromatic rings. The van der Waals surface area contributed by atoms with E-state index in [1.165, 1.54) is 6.42 Å². The van der Waals surface area contributed by atoms with Gasteiger partial charge in [-0.3, -0.25) is 4.79 Å². The van der Waals surface area contributed by atoms with Crippen LogP contribution >= 0.6 is 0 Å². The van der Waals surface area contributed by atoms with Gasteiger partial charge in [-0.2, -0.15) is 0 Å². The molecular weight excluding hydrogens is 324 g/mol. The molecular formula is C23H30O3. The van der Waals surface area contributed by atoms with Gasteiger partial charge in [-0.05, 0) is 61.1 Å². The largest absolute Gasteiger partial charge is 0.458 e. The highest BCUT2D eigenvalue weighted by Crippen LogP contribution is 2.66. The second-order valence-corrected chi connectivity index (χ2v) is 9.39. The molecule has 3 aliphatic carbocycles. The SMILES string of the molecule is CC1(C)C2CCC1(C)C(OC(=O)c1ccc(C3CCCCC3=O)cc1)C2. The fraction of sp³-hybridized carbons (Fsp3) is 0.652. The number of hydrogen-bond donors (Lipinski definition) is 0. The van der Waals surface area contributed by atoms with Crippen LogP contribution in [0, 0.1) is 16.7 Å².